The number of rotatable bonds is 7. The van der Waals surface area contributed by atoms with Gasteiger partial charge in [0.2, 0.25) is 0 Å². The van der Waals surface area contributed by atoms with Crippen LogP contribution in [0, 0.1) is 0 Å². The fourth-order valence-electron chi connectivity index (χ4n) is 2.09. The molecule has 0 bridgehead atoms. The number of ether oxygens (including phenoxy) is 2. The van der Waals surface area contributed by atoms with E-state index in [1.807, 2.05) is 45.0 Å². The minimum Gasteiger partial charge on any atom is -0.494 e. The fraction of sp³-hybridized carbons (Fsp3) is 0.263. The highest BCUT2D eigenvalue weighted by Gasteiger charge is 2.05. The molecule has 0 radical (unpaired) electrons. The van der Waals surface area contributed by atoms with Crippen molar-refractivity contribution in [1.29, 1.82) is 0 Å². The number of hydrazone groups is 1. The molecule has 0 atom stereocenters. The standard InChI is InChI=1S/C19H22N2O3/c1-4-23-17-10-6-15(7-11-17)14(3)20-21-19(22)16-8-12-18(13-9-16)24-5-2/h6-13H,4-5H2,1-3H3,(H,21,22). The van der Waals surface area contributed by atoms with Gasteiger partial charge in [0, 0.05) is 5.56 Å². The third-order valence-electron chi connectivity index (χ3n) is 3.34. The molecule has 1 amide bonds. The summed E-state index contributed by atoms with van der Waals surface area (Å²) in [4.78, 5) is 12.1. The van der Waals surface area contributed by atoms with Gasteiger partial charge in [0.05, 0.1) is 18.9 Å². The topological polar surface area (TPSA) is 59.9 Å². The molecule has 2 aromatic carbocycles. The normalized spacial score (nSPS) is 11.0. The van der Waals surface area contributed by atoms with Crippen LogP contribution >= 0.6 is 0 Å². The van der Waals surface area contributed by atoms with Crippen molar-refractivity contribution in [2.45, 2.75) is 20.8 Å². The molecule has 0 aliphatic heterocycles. The van der Waals surface area contributed by atoms with Crippen LogP contribution < -0.4 is 14.9 Å². The van der Waals surface area contributed by atoms with E-state index in [4.69, 9.17) is 9.47 Å². The van der Waals surface area contributed by atoms with E-state index >= 15 is 0 Å². The summed E-state index contributed by atoms with van der Waals surface area (Å²) in [5.74, 6) is 1.29. The van der Waals surface area contributed by atoms with Gasteiger partial charge in [0.1, 0.15) is 11.5 Å². The molecule has 0 aliphatic carbocycles. The number of carbonyl (C=O) groups is 1. The number of nitrogens with zero attached hydrogens (tertiary/aromatic N) is 1. The minimum atomic E-state index is -0.261. The molecular formula is C19H22N2O3. The number of hydrogen-bond donors (Lipinski definition) is 1. The lowest BCUT2D eigenvalue weighted by Crippen LogP contribution is -2.19. The maximum atomic E-state index is 12.1. The van der Waals surface area contributed by atoms with Gasteiger partial charge in [-0.25, -0.2) is 5.43 Å². The number of nitrogens with one attached hydrogen (secondary N) is 1. The van der Waals surface area contributed by atoms with Crippen molar-refractivity contribution in [3.8, 4) is 11.5 Å². The van der Waals surface area contributed by atoms with Crippen LogP contribution in [-0.4, -0.2) is 24.8 Å². The van der Waals surface area contributed by atoms with Crippen molar-refractivity contribution >= 4 is 11.6 Å². The van der Waals surface area contributed by atoms with Gasteiger partial charge in [-0.2, -0.15) is 5.10 Å². The summed E-state index contributed by atoms with van der Waals surface area (Å²) >= 11 is 0. The maximum Gasteiger partial charge on any atom is 0.271 e. The van der Waals surface area contributed by atoms with Gasteiger partial charge in [-0.15, -0.1) is 0 Å². The van der Waals surface area contributed by atoms with Crippen molar-refractivity contribution < 1.29 is 14.3 Å². The Morgan fingerprint density at radius 1 is 0.875 bits per heavy atom. The van der Waals surface area contributed by atoms with Crippen molar-refractivity contribution in [2.24, 2.45) is 5.10 Å². The van der Waals surface area contributed by atoms with E-state index in [0.29, 0.717) is 18.8 Å². The van der Waals surface area contributed by atoms with E-state index in [9.17, 15) is 4.79 Å². The molecule has 5 nitrogen and oxygen atoms in total. The van der Waals surface area contributed by atoms with Gasteiger partial charge in [0.25, 0.3) is 5.91 Å². The number of amides is 1. The van der Waals surface area contributed by atoms with Gasteiger partial charge in [0.15, 0.2) is 0 Å². The van der Waals surface area contributed by atoms with Crippen LogP contribution in [0.1, 0.15) is 36.7 Å². The molecule has 0 saturated carbocycles. The van der Waals surface area contributed by atoms with E-state index in [-0.39, 0.29) is 5.91 Å². The summed E-state index contributed by atoms with van der Waals surface area (Å²) in [6.45, 7) is 6.92. The molecule has 24 heavy (non-hydrogen) atoms. The number of benzene rings is 2. The van der Waals surface area contributed by atoms with Crippen LogP contribution in [-0.2, 0) is 0 Å². The Morgan fingerprint density at radius 2 is 1.33 bits per heavy atom. The largest absolute Gasteiger partial charge is 0.494 e. The van der Waals surface area contributed by atoms with Crippen LogP contribution in [0.2, 0.25) is 0 Å². The van der Waals surface area contributed by atoms with Gasteiger partial charge >= 0.3 is 0 Å². The van der Waals surface area contributed by atoms with Gasteiger partial charge in [-0.05, 0) is 74.9 Å². The second-order valence-electron chi connectivity index (χ2n) is 5.05. The maximum absolute atomic E-state index is 12.1. The highest BCUT2D eigenvalue weighted by Crippen LogP contribution is 2.13. The number of hydrogen-bond acceptors (Lipinski definition) is 4. The summed E-state index contributed by atoms with van der Waals surface area (Å²) in [6.07, 6.45) is 0. The molecule has 0 spiro atoms. The first-order chi connectivity index (χ1) is 11.6. The molecule has 0 heterocycles. The highest BCUT2D eigenvalue weighted by molar-refractivity contribution is 6.00. The van der Waals surface area contributed by atoms with Crippen molar-refractivity contribution in [3.05, 3.63) is 59.7 Å². The Hall–Kier alpha value is -2.82. The molecule has 0 saturated heterocycles. The molecule has 126 valence electrons. The monoisotopic (exact) mass is 326 g/mol. The predicted octanol–water partition coefficient (Wildman–Crippen LogP) is 3.64. The van der Waals surface area contributed by atoms with E-state index < -0.39 is 0 Å². The average Bonchev–Trinajstić information content (AvgIpc) is 2.61. The number of carbonyl (C=O) groups excluding carboxylic acids is 1. The molecule has 2 aromatic rings. The predicted molar refractivity (Wildman–Crippen MR) is 94.9 cm³/mol. The van der Waals surface area contributed by atoms with Crippen LogP contribution in [0.5, 0.6) is 11.5 Å². The molecule has 2 rings (SSSR count). The third kappa shape index (κ3) is 4.84. The summed E-state index contributed by atoms with van der Waals surface area (Å²) < 4.78 is 10.8. The highest BCUT2D eigenvalue weighted by atomic mass is 16.5. The summed E-state index contributed by atoms with van der Waals surface area (Å²) in [5.41, 5.74) is 4.74. The molecule has 0 fully saturated rings. The Balaban J connectivity index is 1.99. The average molecular weight is 326 g/mol. The van der Waals surface area contributed by atoms with Crippen LogP contribution in [0.4, 0.5) is 0 Å². The second-order valence-corrected chi connectivity index (χ2v) is 5.05. The SMILES string of the molecule is CCOc1ccc(C(=O)NN=C(C)c2ccc(OCC)cc2)cc1. The smallest absolute Gasteiger partial charge is 0.271 e. The van der Waals surface area contributed by atoms with Crippen LogP contribution in [0.3, 0.4) is 0 Å². The molecule has 5 heteroatoms. The van der Waals surface area contributed by atoms with Crippen molar-refractivity contribution in [2.75, 3.05) is 13.2 Å². The van der Waals surface area contributed by atoms with E-state index in [1.165, 1.54) is 0 Å². The molecule has 0 unspecified atom stereocenters. The van der Waals surface area contributed by atoms with Crippen LogP contribution in [0.15, 0.2) is 53.6 Å². The zero-order valence-corrected chi connectivity index (χ0v) is 14.2. The van der Waals surface area contributed by atoms with Gasteiger partial charge in [-0.1, -0.05) is 0 Å². The Kier molecular flexibility index (Phi) is 6.37. The Morgan fingerprint density at radius 3 is 1.79 bits per heavy atom. The first kappa shape index (κ1) is 17.5. The Labute approximate surface area is 142 Å². The summed E-state index contributed by atoms with van der Waals surface area (Å²) in [7, 11) is 0. The van der Waals surface area contributed by atoms with E-state index in [0.717, 1.165) is 22.8 Å². The summed E-state index contributed by atoms with van der Waals surface area (Å²) in [5, 5.41) is 4.15. The van der Waals surface area contributed by atoms with Gasteiger partial charge < -0.3 is 9.47 Å². The van der Waals surface area contributed by atoms with Crippen LogP contribution in [0.25, 0.3) is 0 Å². The lowest BCUT2D eigenvalue weighted by atomic mass is 10.1. The zero-order chi connectivity index (χ0) is 17.4. The van der Waals surface area contributed by atoms with Gasteiger partial charge in [-0.3, -0.25) is 4.79 Å². The quantitative estimate of drug-likeness (QED) is 0.624. The molecule has 0 aromatic heterocycles. The van der Waals surface area contributed by atoms with E-state index in [1.54, 1.807) is 24.3 Å². The lowest BCUT2D eigenvalue weighted by molar-refractivity contribution is 0.0955. The second kappa shape index (κ2) is 8.72. The minimum absolute atomic E-state index is 0.261. The van der Waals surface area contributed by atoms with Crippen molar-refractivity contribution in [1.82, 2.24) is 5.43 Å². The van der Waals surface area contributed by atoms with E-state index in [2.05, 4.69) is 10.5 Å². The molecule has 0 aliphatic rings. The molecule has 1 N–H and O–H groups in total. The third-order valence-corrected chi connectivity index (χ3v) is 3.34. The summed E-state index contributed by atoms with van der Waals surface area (Å²) in [6, 6.07) is 14.5. The first-order valence-electron chi connectivity index (χ1n) is 7.94. The Bertz CT molecular complexity index is 692. The zero-order valence-electron chi connectivity index (χ0n) is 14.2. The van der Waals surface area contributed by atoms with Crippen molar-refractivity contribution in [3.63, 3.8) is 0 Å². The lowest BCUT2D eigenvalue weighted by Gasteiger charge is -2.06. The molecular weight excluding hydrogens is 304 g/mol. The fourth-order valence-corrected chi connectivity index (χ4v) is 2.09. The first-order valence-corrected chi connectivity index (χ1v) is 7.94.